The highest BCUT2D eigenvalue weighted by atomic mass is 19.4. The molecule has 268 valence electrons. The van der Waals surface area contributed by atoms with Gasteiger partial charge in [0.1, 0.15) is 22.9 Å². The number of aromatic amines is 1. The number of carbonyl (C=O) groups is 1. The Morgan fingerprint density at radius 3 is 2.25 bits per heavy atom. The topological polar surface area (TPSA) is 122 Å². The predicted molar refractivity (Wildman–Crippen MR) is 173 cm³/mol. The predicted octanol–water partition coefficient (Wildman–Crippen LogP) is 7.39. The van der Waals surface area contributed by atoms with E-state index in [0.717, 1.165) is 23.1 Å². The lowest BCUT2D eigenvalue weighted by atomic mass is 10.1. The van der Waals surface area contributed by atoms with Crippen molar-refractivity contribution in [3.8, 4) is 40.4 Å². The lowest BCUT2D eigenvalue weighted by molar-refractivity contribution is -0.153. The van der Waals surface area contributed by atoms with Crippen LogP contribution in [-0.2, 0) is 12.7 Å². The Morgan fingerprint density at radius 2 is 1.58 bits per heavy atom. The summed E-state index contributed by atoms with van der Waals surface area (Å²) < 4.78 is 91.6. The average molecular weight is 724 g/mol. The Labute approximate surface area is 290 Å². The van der Waals surface area contributed by atoms with Crippen LogP contribution in [0.3, 0.4) is 0 Å². The molecule has 0 atom stereocenters. The van der Waals surface area contributed by atoms with Crippen LogP contribution in [0, 0.1) is 0 Å². The number of carbonyl (C=O) groups excluding carboxylic acids is 1. The minimum absolute atomic E-state index is 0.0200. The molecule has 0 spiro atoms. The summed E-state index contributed by atoms with van der Waals surface area (Å²) in [5, 5.41) is 4.63. The van der Waals surface area contributed by atoms with Crippen LogP contribution in [-0.4, -0.2) is 79.8 Å². The van der Waals surface area contributed by atoms with Gasteiger partial charge < -0.3 is 23.9 Å². The van der Waals surface area contributed by atoms with Gasteiger partial charge in [0.05, 0.1) is 18.0 Å². The summed E-state index contributed by atoms with van der Waals surface area (Å²) in [6, 6.07) is 17.9. The number of aromatic nitrogens is 5. The molecular formula is C35H27F6N7O4. The van der Waals surface area contributed by atoms with E-state index in [4.69, 9.17) is 14.0 Å². The minimum atomic E-state index is -4.46. The molecule has 0 bridgehead atoms. The quantitative estimate of drug-likeness (QED) is 0.152. The number of alkyl halides is 6. The highest BCUT2D eigenvalue weighted by Gasteiger charge is 2.30. The summed E-state index contributed by atoms with van der Waals surface area (Å²) in [6.45, 7) is 1.51. The van der Waals surface area contributed by atoms with Gasteiger partial charge >= 0.3 is 12.4 Å². The third-order valence-corrected chi connectivity index (χ3v) is 8.18. The summed E-state index contributed by atoms with van der Waals surface area (Å²) in [4.78, 5) is 33.1. The first-order valence-corrected chi connectivity index (χ1v) is 15.8. The maximum absolute atomic E-state index is 13.3. The van der Waals surface area contributed by atoms with Crippen molar-refractivity contribution in [3.63, 3.8) is 0 Å². The molecule has 1 amide bonds. The molecule has 0 aliphatic carbocycles. The average Bonchev–Trinajstić information content (AvgIpc) is 3.79. The van der Waals surface area contributed by atoms with Gasteiger partial charge in [-0.2, -0.15) is 31.3 Å². The second kappa shape index (κ2) is 14.0. The van der Waals surface area contributed by atoms with E-state index in [1.807, 2.05) is 0 Å². The Bertz CT molecular complexity index is 2160. The van der Waals surface area contributed by atoms with Crippen LogP contribution < -0.4 is 9.47 Å². The normalized spacial score (nSPS) is 14.2. The SMILES string of the molecule is O=C(c1cc2ccc(Oc3cnc(-c4nc(-c5ccc(C(F)(F)F)cc5)no4)cn3)cc2[nH]1)N1CCN(Cc2ccc(OCC(F)(F)F)cc2)CC1. The first kappa shape index (κ1) is 34.5. The third kappa shape index (κ3) is 8.15. The molecule has 17 heteroatoms. The number of H-pyrrole nitrogens is 1. The van der Waals surface area contributed by atoms with Gasteiger partial charge in [-0.1, -0.05) is 29.4 Å². The van der Waals surface area contributed by atoms with Crippen LogP contribution in [0.4, 0.5) is 26.3 Å². The molecule has 3 aromatic heterocycles. The van der Waals surface area contributed by atoms with Crippen LogP contribution in [0.25, 0.3) is 33.9 Å². The van der Waals surface area contributed by atoms with Crippen LogP contribution in [0.1, 0.15) is 21.6 Å². The standard InChI is InChI=1S/C35H27F6N7O4/c36-34(37,38)20-50-25-8-1-21(2-9-25)19-47-11-13-48(14-12-47)33(49)28-15-23-5-10-26(16-27(23)44-28)51-30-18-42-29(17-43-30)32-45-31(46-52-32)22-3-6-24(7-4-22)35(39,40)41/h1-10,15-18,44H,11-14,19-20H2. The van der Waals surface area contributed by atoms with E-state index in [1.165, 1.54) is 36.7 Å². The molecule has 1 aliphatic rings. The van der Waals surface area contributed by atoms with E-state index in [-0.39, 0.29) is 34.9 Å². The molecule has 0 unspecified atom stereocenters. The van der Waals surface area contributed by atoms with Gasteiger partial charge in [-0.25, -0.2) is 9.97 Å². The summed E-state index contributed by atoms with van der Waals surface area (Å²) in [5.41, 5.74) is 1.80. The second-order valence-electron chi connectivity index (χ2n) is 11.9. The molecule has 3 aromatic carbocycles. The van der Waals surface area contributed by atoms with Gasteiger partial charge in [0.15, 0.2) is 6.61 Å². The Morgan fingerprint density at radius 1 is 0.846 bits per heavy atom. The molecule has 1 saturated heterocycles. The Kier molecular flexibility index (Phi) is 9.27. The zero-order chi connectivity index (χ0) is 36.5. The maximum atomic E-state index is 13.3. The number of rotatable bonds is 9. The largest absolute Gasteiger partial charge is 0.484 e. The van der Waals surface area contributed by atoms with Crippen LogP contribution >= 0.6 is 0 Å². The summed E-state index contributed by atoms with van der Waals surface area (Å²) in [6.07, 6.45) is -6.14. The highest BCUT2D eigenvalue weighted by molar-refractivity contribution is 5.98. The van der Waals surface area contributed by atoms with Crippen molar-refractivity contribution in [2.45, 2.75) is 18.9 Å². The zero-order valence-corrected chi connectivity index (χ0v) is 26.9. The number of benzene rings is 3. The fourth-order valence-electron chi connectivity index (χ4n) is 5.53. The molecule has 1 fully saturated rings. The summed E-state index contributed by atoms with van der Waals surface area (Å²) >= 11 is 0. The van der Waals surface area contributed by atoms with Crippen molar-refractivity contribution in [1.29, 1.82) is 0 Å². The second-order valence-corrected chi connectivity index (χ2v) is 11.9. The molecule has 1 aliphatic heterocycles. The fraction of sp³-hybridized carbons (Fsp3) is 0.229. The van der Waals surface area contributed by atoms with Crippen molar-refractivity contribution in [2.75, 3.05) is 32.8 Å². The van der Waals surface area contributed by atoms with Gasteiger partial charge in [-0.15, -0.1) is 0 Å². The number of fused-ring (bicyclic) bond motifs is 1. The zero-order valence-electron chi connectivity index (χ0n) is 26.9. The number of ether oxygens (including phenoxy) is 2. The van der Waals surface area contributed by atoms with E-state index in [0.29, 0.717) is 55.2 Å². The molecule has 7 rings (SSSR count). The number of halogens is 6. The monoisotopic (exact) mass is 723 g/mol. The molecule has 11 nitrogen and oxygen atoms in total. The van der Waals surface area contributed by atoms with Crippen molar-refractivity contribution in [3.05, 3.63) is 102 Å². The smallest absolute Gasteiger partial charge is 0.422 e. The first-order valence-electron chi connectivity index (χ1n) is 15.8. The van der Waals surface area contributed by atoms with Gasteiger partial charge in [-0.05, 0) is 48.0 Å². The first-order chi connectivity index (χ1) is 24.9. The van der Waals surface area contributed by atoms with Gasteiger partial charge in [0, 0.05) is 55.3 Å². The van der Waals surface area contributed by atoms with Gasteiger partial charge in [-0.3, -0.25) is 9.69 Å². The molecule has 52 heavy (non-hydrogen) atoms. The maximum Gasteiger partial charge on any atom is 0.422 e. The van der Waals surface area contributed by atoms with Crippen LogP contribution in [0.2, 0.25) is 0 Å². The van der Waals surface area contributed by atoms with E-state index < -0.39 is 24.5 Å². The van der Waals surface area contributed by atoms with Crippen molar-refractivity contribution in [1.82, 2.24) is 34.9 Å². The van der Waals surface area contributed by atoms with Crippen LogP contribution in [0.15, 0.2) is 89.7 Å². The molecule has 4 heterocycles. The molecular weight excluding hydrogens is 696 g/mol. The number of hydrogen-bond donors (Lipinski definition) is 1. The number of nitrogens with zero attached hydrogens (tertiary/aromatic N) is 6. The van der Waals surface area contributed by atoms with E-state index in [1.54, 1.807) is 41.3 Å². The molecule has 1 N–H and O–H groups in total. The van der Waals surface area contributed by atoms with Crippen molar-refractivity contribution in [2.24, 2.45) is 0 Å². The number of hydrogen-bond acceptors (Lipinski definition) is 9. The van der Waals surface area contributed by atoms with E-state index >= 15 is 0 Å². The third-order valence-electron chi connectivity index (χ3n) is 8.18. The van der Waals surface area contributed by atoms with E-state index in [9.17, 15) is 31.1 Å². The minimum Gasteiger partial charge on any atom is -0.484 e. The fourth-order valence-corrected chi connectivity index (χ4v) is 5.53. The Balaban J connectivity index is 0.923. The highest BCUT2D eigenvalue weighted by Crippen LogP contribution is 2.31. The van der Waals surface area contributed by atoms with Crippen LogP contribution in [0.5, 0.6) is 17.4 Å². The van der Waals surface area contributed by atoms with Gasteiger partial charge in [0.25, 0.3) is 11.8 Å². The Hall–Kier alpha value is -5.97. The van der Waals surface area contributed by atoms with E-state index in [2.05, 4.69) is 30.0 Å². The van der Waals surface area contributed by atoms with Crippen molar-refractivity contribution < 1.29 is 45.1 Å². The number of amides is 1. The summed E-state index contributed by atoms with van der Waals surface area (Å²) in [5.74, 6) is 0.717. The number of nitrogens with one attached hydrogen (secondary N) is 1. The van der Waals surface area contributed by atoms with Gasteiger partial charge in [0.2, 0.25) is 11.7 Å². The van der Waals surface area contributed by atoms with Crippen molar-refractivity contribution >= 4 is 16.8 Å². The molecule has 6 aromatic rings. The number of piperazine rings is 1. The lowest BCUT2D eigenvalue weighted by Gasteiger charge is -2.34. The molecule has 0 saturated carbocycles. The molecule has 0 radical (unpaired) electrons. The summed E-state index contributed by atoms with van der Waals surface area (Å²) in [7, 11) is 0. The lowest BCUT2D eigenvalue weighted by Crippen LogP contribution is -2.48.